The van der Waals surface area contributed by atoms with Crippen LogP contribution < -0.4 is 0 Å². The third-order valence-electron chi connectivity index (χ3n) is 20.1. The minimum absolute atomic E-state index is 0.105. The number of ether oxygens (including phenoxy) is 4. The number of esters is 4. The molecule has 0 bridgehead atoms. The van der Waals surface area contributed by atoms with Crippen LogP contribution in [-0.4, -0.2) is 96.7 Å². The molecule has 17 nitrogen and oxygen atoms in total. The Bertz CT molecular complexity index is 1980. The summed E-state index contributed by atoms with van der Waals surface area (Å²) >= 11 is 0. The van der Waals surface area contributed by atoms with Gasteiger partial charge in [-0.25, -0.2) is 9.13 Å². The van der Waals surface area contributed by atoms with Gasteiger partial charge in [0.2, 0.25) is 0 Å². The van der Waals surface area contributed by atoms with Crippen LogP contribution in [0.3, 0.4) is 0 Å². The average molecular weight is 1490 g/mol. The summed E-state index contributed by atoms with van der Waals surface area (Å²) in [4.78, 5) is 73.0. The first kappa shape index (κ1) is 100. The molecule has 3 N–H and O–H groups in total. The quantitative estimate of drug-likeness (QED) is 0.0222. The minimum atomic E-state index is -4.96. The van der Waals surface area contributed by atoms with Gasteiger partial charge in [0.05, 0.1) is 26.4 Å². The molecule has 0 aliphatic heterocycles. The second-order valence-electron chi connectivity index (χ2n) is 30.8. The van der Waals surface area contributed by atoms with Crippen molar-refractivity contribution >= 4 is 39.5 Å². The van der Waals surface area contributed by atoms with E-state index in [9.17, 15) is 43.2 Å². The van der Waals surface area contributed by atoms with E-state index in [1.165, 1.54) is 238 Å². The van der Waals surface area contributed by atoms with Gasteiger partial charge in [-0.1, -0.05) is 382 Å². The van der Waals surface area contributed by atoms with Crippen molar-refractivity contribution in [2.45, 2.75) is 452 Å². The first-order valence-electron chi connectivity index (χ1n) is 42.9. The van der Waals surface area contributed by atoms with E-state index in [0.717, 1.165) is 108 Å². The lowest BCUT2D eigenvalue weighted by molar-refractivity contribution is -0.161. The first-order valence-corrected chi connectivity index (χ1v) is 45.9. The fraction of sp³-hybridized carbons (Fsp3) is 0.952. The van der Waals surface area contributed by atoms with Gasteiger partial charge in [-0.3, -0.25) is 37.3 Å². The van der Waals surface area contributed by atoms with Crippen LogP contribution in [0, 0.1) is 17.8 Å². The van der Waals surface area contributed by atoms with E-state index in [-0.39, 0.29) is 25.7 Å². The molecule has 0 aromatic carbocycles. The van der Waals surface area contributed by atoms with Crippen molar-refractivity contribution in [2.24, 2.45) is 17.8 Å². The molecule has 0 spiro atoms. The number of unbranched alkanes of at least 4 members (excludes halogenated alkanes) is 47. The highest BCUT2D eigenvalue weighted by Crippen LogP contribution is 2.45. The molecule has 7 atom stereocenters. The second kappa shape index (κ2) is 73.2. The highest BCUT2D eigenvalue weighted by atomic mass is 31.2. The van der Waals surface area contributed by atoms with Crippen LogP contribution in [0.2, 0.25) is 0 Å². The Morgan fingerprint density at radius 3 is 0.745 bits per heavy atom. The Kier molecular flexibility index (Phi) is 71.8. The molecule has 0 radical (unpaired) electrons. The first-order chi connectivity index (χ1) is 49.3. The number of phosphoric ester groups is 2. The molecule has 4 unspecified atom stereocenters. The normalized spacial score (nSPS) is 14.5. The van der Waals surface area contributed by atoms with Gasteiger partial charge in [0.25, 0.3) is 0 Å². The molecule has 0 aromatic heterocycles. The Morgan fingerprint density at radius 1 is 0.284 bits per heavy atom. The fourth-order valence-corrected chi connectivity index (χ4v) is 14.4. The van der Waals surface area contributed by atoms with Crippen LogP contribution in [0.25, 0.3) is 0 Å². The van der Waals surface area contributed by atoms with Crippen LogP contribution in [0.4, 0.5) is 0 Å². The van der Waals surface area contributed by atoms with E-state index in [2.05, 4.69) is 48.5 Å². The maximum absolute atomic E-state index is 13.1. The standard InChI is InChI=1S/C83H162O17P2/c1-8-11-12-13-14-15-16-17-18-21-25-28-31-37-42-50-57-64-80(85)93-70-78(99-82(87)66-59-52-43-38-32-29-26-23-20-19-22-24-27-30-35-40-48-55-62-75(6)9-2)72-97-101(89,90)95-68-77(84)69-96-102(91,92)98-73-79(71-94-81(86)65-58-51-46-45-47-54-61-74(4)5)100-83(88)67-60-53-44-39-34-33-36-41-49-56-63-76(7)10-3/h74-79,84H,8-73H2,1-7H3,(H,89,90)(H,91,92)/t75?,76?,77-,78-,79-/m1/s1. The molecule has 0 aliphatic rings. The maximum Gasteiger partial charge on any atom is 0.472 e. The van der Waals surface area contributed by atoms with Crippen molar-refractivity contribution in [3.63, 3.8) is 0 Å². The van der Waals surface area contributed by atoms with Gasteiger partial charge < -0.3 is 33.8 Å². The monoisotopic (exact) mass is 1490 g/mol. The number of hydrogen-bond donors (Lipinski definition) is 3. The molecule has 0 aromatic rings. The van der Waals surface area contributed by atoms with E-state index in [1.54, 1.807) is 0 Å². The van der Waals surface area contributed by atoms with Crippen molar-refractivity contribution in [3.05, 3.63) is 0 Å². The molecule has 102 heavy (non-hydrogen) atoms. The SMILES string of the molecule is CCCCCCCCCCCCCCCCCCCC(=O)OC[C@H](COP(=O)(O)OC[C@@H](O)COP(=O)(O)OC[C@@H](COC(=O)CCCCCCCCC(C)C)OC(=O)CCCCCCCCCCCCC(C)CC)OC(=O)CCCCCCCCCCCCCCCCCCCCC(C)CC. The van der Waals surface area contributed by atoms with E-state index in [1.807, 2.05) is 0 Å². The topological polar surface area (TPSA) is 237 Å². The van der Waals surface area contributed by atoms with Gasteiger partial charge in [-0.05, 0) is 43.4 Å². The highest BCUT2D eigenvalue weighted by molar-refractivity contribution is 7.47. The number of carbonyl (C=O) groups excluding carboxylic acids is 4. The predicted molar refractivity (Wildman–Crippen MR) is 418 cm³/mol. The third kappa shape index (κ3) is 73.6. The minimum Gasteiger partial charge on any atom is -0.462 e. The van der Waals surface area contributed by atoms with Crippen molar-refractivity contribution in [3.8, 4) is 0 Å². The zero-order valence-electron chi connectivity index (χ0n) is 67.1. The van der Waals surface area contributed by atoms with Crippen LogP contribution in [-0.2, 0) is 65.4 Å². The molecular weight excluding hydrogens is 1330 g/mol. The van der Waals surface area contributed by atoms with Gasteiger partial charge >= 0.3 is 39.5 Å². The van der Waals surface area contributed by atoms with E-state index >= 15 is 0 Å². The number of phosphoric acid groups is 2. The summed E-state index contributed by atoms with van der Waals surface area (Å²) in [6.07, 6.45) is 62.6. The molecule has 0 saturated heterocycles. The van der Waals surface area contributed by atoms with Crippen LogP contribution in [0.1, 0.15) is 434 Å². The van der Waals surface area contributed by atoms with Crippen LogP contribution >= 0.6 is 15.6 Å². The number of rotatable bonds is 81. The Morgan fingerprint density at radius 2 is 0.500 bits per heavy atom. The van der Waals surface area contributed by atoms with E-state index in [4.69, 9.17) is 37.0 Å². The fourth-order valence-electron chi connectivity index (χ4n) is 12.8. The number of aliphatic hydroxyl groups is 1. The van der Waals surface area contributed by atoms with E-state index < -0.39 is 97.5 Å². The third-order valence-corrected chi connectivity index (χ3v) is 22.0. The lowest BCUT2D eigenvalue weighted by Gasteiger charge is -2.21. The molecule has 0 amide bonds. The van der Waals surface area contributed by atoms with Gasteiger partial charge in [0.15, 0.2) is 12.2 Å². The van der Waals surface area contributed by atoms with Crippen molar-refractivity contribution in [2.75, 3.05) is 39.6 Å². The largest absolute Gasteiger partial charge is 0.472 e. The molecule has 19 heteroatoms. The van der Waals surface area contributed by atoms with Gasteiger partial charge in [-0.2, -0.15) is 0 Å². The number of hydrogen-bond acceptors (Lipinski definition) is 15. The van der Waals surface area contributed by atoms with Gasteiger partial charge in [-0.15, -0.1) is 0 Å². The number of carbonyl (C=O) groups is 4. The summed E-state index contributed by atoms with van der Waals surface area (Å²) in [6, 6.07) is 0. The average Bonchev–Trinajstić information content (AvgIpc) is 0.945. The molecule has 0 fully saturated rings. The maximum atomic E-state index is 13.1. The molecular formula is C83H162O17P2. The summed E-state index contributed by atoms with van der Waals surface area (Å²) in [5.41, 5.74) is 0. The summed E-state index contributed by atoms with van der Waals surface area (Å²) in [6.45, 7) is 12.0. The Labute approximate surface area is 626 Å². The highest BCUT2D eigenvalue weighted by Gasteiger charge is 2.30. The predicted octanol–water partition coefficient (Wildman–Crippen LogP) is 24.9. The lowest BCUT2D eigenvalue weighted by atomic mass is 9.99. The lowest BCUT2D eigenvalue weighted by Crippen LogP contribution is -2.30. The van der Waals surface area contributed by atoms with Crippen LogP contribution in [0.5, 0.6) is 0 Å². The van der Waals surface area contributed by atoms with Gasteiger partial charge in [0, 0.05) is 25.7 Å². The zero-order chi connectivity index (χ0) is 75.1. The van der Waals surface area contributed by atoms with Crippen LogP contribution in [0.15, 0.2) is 0 Å². The van der Waals surface area contributed by atoms with Crippen molar-refractivity contribution < 1.29 is 80.2 Å². The second-order valence-corrected chi connectivity index (χ2v) is 33.7. The number of aliphatic hydroxyl groups excluding tert-OH is 1. The Hall–Kier alpha value is -1.94. The molecule has 606 valence electrons. The van der Waals surface area contributed by atoms with Crippen molar-refractivity contribution in [1.29, 1.82) is 0 Å². The summed E-state index contributed by atoms with van der Waals surface area (Å²) in [5, 5.41) is 10.6. The molecule has 0 rings (SSSR count). The summed E-state index contributed by atoms with van der Waals surface area (Å²) in [5.74, 6) is 0.242. The summed E-state index contributed by atoms with van der Waals surface area (Å²) in [7, 11) is -9.92. The smallest absolute Gasteiger partial charge is 0.462 e. The van der Waals surface area contributed by atoms with E-state index in [0.29, 0.717) is 31.6 Å². The molecule has 0 saturated carbocycles. The molecule has 0 heterocycles. The molecule has 0 aliphatic carbocycles. The van der Waals surface area contributed by atoms with Crippen molar-refractivity contribution in [1.82, 2.24) is 0 Å². The summed E-state index contributed by atoms with van der Waals surface area (Å²) < 4.78 is 68.7. The Balaban J connectivity index is 5.21. The zero-order valence-corrected chi connectivity index (χ0v) is 68.9. The van der Waals surface area contributed by atoms with Gasteiger partial charge in [0.1, 0.15) is 19.3 Å².